The fourth-order valence-corrected chi connectivity index (χ4v) is 6.72. The molecule has 0 radical (unpaired) electrons. The summed E-state index contributed by atoms with van der Waals surface area (Å²) >= 11 is 0. The van der Waals surface area contributed by atoms with Gasteiger partial charge < -0.3 is 19.9 Å². The van der Waals surface area contributed by atoms with Gasteiger partial charge in [-0.3, -0.25) is 15.0 Å². The van der Waals surface area contributed by atoms with E-state index in [9.17, 15) is 24.8 Å². The minimum atomic E-state index is -1.22. The molecule has 0 aromatic heterocycles. The summed E-state index contributed by atoms with van der Waals surface area (Å²) in [7, 11) is 0. The van der Waals surface area contributed by atoms with Gasteiger partial charge in [0.05, 0.1) is 28.1 Å². The minimum Gasteiger partial charge on any atom is -0.478 e. The highest BCUT2D eigenvalue weighted by atomic mass is 35.5. The molecule has 230 valence electrons. The van der Waals surface area contributed by atoms with Gasteiger partial charge in [0.2, 0.25) is 6.29 Å². The number of rotatable bonds is 8. The van der Waals surface area contributed by atoms with Gasteiger partial charge in [0.25, 0.3) is 5.69 Å². The molecule has 11 heteroatoms. The molecule has 10 nitrogen and oxygen atoms in total. The standard InChI is InChI=1S/C32H37N3O7.ClH/c1-19-28(31(36)37)30(24-10-7-11-25(16-24)35(39)40)29(20(2)33-19)32(38)42-27-17-26(21(3)41-27)23-12-14-34(15-13-23)18-22-8-5-4-6-9-22;/h4-11,16,21,23,26-27,30,33H,12-15,17-18H2,1-3H3,(H,36,37);1H. The molecular weight excluding hydrogens is 574 g/mol. The Bertz CT molecular complexity index is 1420. The van der Waals surface area contributed by atoms with Crippen molar-refractivity contribution in [2.45, 2.75) is 64.9 Å². The van der Waals surface area contributed by atoms with Gasteiger partial charge in [-0.15, -0.1) is 12.4 Å². The van der Waals surface area contributed by atoms with Crippen molar-refractivity contribution < 1.29 is 29.1 Å². The Morgan fingerprint density at radius 2 is 1.74 bits per heavy atom. The number of allylic oxidation sites excluding steroid dienone is 2. The Labute approximate surface area is 257 Å². The molecule has 0 saturated carbocycles. The van der Waals surface area contributed by atoms with E-state index in [0.29, 0.717) is 29.3 Å². The van der Waals surface area contributed by atoms with E-state index in [1.807, 2.05) is 13.0 Å². The van der Waals surface area contributed by atoms with Crippen LogP contribution in [0.15, 0.2) is 77.1 Å². The lowest BCUT2D eigenvalue weighted by atomic mass is 9.80. The molecule has 2 saturated heterocycles. The first-order valence-electron chi connectivity index (χ1n) is 14.4. The lowest BCUT2D eigenvalue weighted by molar-refractivity contribution is -0.384. The van der Waals surface area contributed by atoms with Gasteiger partial charge in [-0.05, 0) is 69.7 Å². The van der Waals surface area contributed by atoms with Gasteiger partial charge in [0.1, 0.15) is 0 Å². The summed E-state index contributed by atoms with van der Waals surface area (Å²) < 4.78 is 12.0. The van der Waals surface area contributed by atoms with Gasteiger partial charge in [-0.2, -0.15) is 0 Å². The fourth-order valence-electron chi connectivity index (χ4n) is 6.72. The summed E-state index contributed by atoms with van der Waals surface area (Å²) in [6.45, 7) is 8.23. The Kier molecular flexibility index (Phi) is 10.3. The molecule has 4 atom stereocenters. The zero-order chi connectivity index (χ0) is 30.0. The van der Waals surface area contributed by atoms with E-state index in [2.05, 4.69) is 34.5 Å². The van der Waals surface area contributed by atoms with E-state index in [1.54, 1.807) is 19.9 Å². The van der Waals surface area contributed by atoms with Crippen molar-refractivity contribution in [2.24, 2.45) is 11.8 Å². The number of nitro groups is 1. The molecular formula is C32H38ClN3O7. The smallest absolute Gasteiger partial charge is 0.339 e. The third-order valence-corrected chi connectivity index (χ3v) is 8.78. The molecule has 3 aliphatic heterocycles. The quantitative estimate of drug-likeness (QED) is 0.224. The van der Waals surface area contributed by atoms with E-state index >= 15 is 0 Å². The van der Waals surface area contributed by atoms with Crippen molar-refractivity contribution in [3.05, 3.63) is 98.4 Å². The average Bonchev–Trinajstić information content (AvgIpc) is 3.32. The van der Waals surface area contributed by atoms with Crippen LogP contribution in [0.1, 0.15) is 57.1 Å². The van der Waals surface area contributed by atoms with Crippen LogP contribution < -0.4 is 5.32 Å². The number of aliphatic carboxylic acids is 1. The number of carbonyl (C=O) groups excluding carboxylic acids is 1. The highest BCUT2D eigenvalue weighted by Crippen LogP contribution is 2.42. The zero-order valence-electron chi connectivity index (χ0n) is 24.5. The van der Waals surface area contributed by atoms with Crippen LogP contribution in [0.4, 0.5) is 5.69 Å². The molecule has 3 heterocycles. The van der Waals surface area contributed by atoms with E-state index in [0.717, 1.165) is 32.5 Å². The van der Waals surface area contributed by atoms with Crippen molar-refractivity contribution >= 4 is 30.0 Å². The summed E-state index contributed by atoms with van der Waals surface area (Å²) in [6, 6.07) is 16.2. The zero-order valence-corrected chi connectivity index (χ0v) is 25.3. The summed E-state index contributed by atoms with van der Waals surface area (Å²) in [6.07, 6.45) is 1.81. The molecule has 4 unspecified atom stereocenters. The van der Waals surface area contributed by atoms with Crippen molar-refractivity contribution in [2.75, 3.05) is 13.1 Å². The molecule has 0 aliphatic carbocycles. The third kappa shape index (κ3) is 7.09. The summed E-state index contributed by atoms with van der Waals surface area (Å²) in [5.74, 6) is -2.27. The maximum Gasteiger partial charge on any atom is 0.339 e. The summed E-state index contributed by atoms with van der Waals surface area (Å²) in [5, 5.41) is 24.5. The average molecular weight is 612 g/mol. The topological polar surface area (TPSA) is 131 Å². The Hall–Kier alpha value is -3.73. The first-order valence-corrected chi connectivity index (χ1v) is 14.4. The number of nitrogens with one attached hydrogen (secondary N) is 1. The first-order chi connectivity index (χ1) is 20.1. The molecule has 0 bridgehead atoms. The Morgan fingerprint density at radius 3 is 2.40 bits per heavy atom. The van der Waals surface area contributed by atoms with Crippen LogP contribution in [-0.2, 0) is 25.6 Å². The Balaban J connectivity index is 0.00000423. The third-order valence-electron chi connectivity index (χ3n) is 8.78. The number of benzene rings is 2. The van der Waals surface area contributed by atoms with Crippen LogP contribution >= 0.6 is 12.4 Å². The van der Waals surface area contributed by atoms with Crippen molar-refractivity contribution in [3.63, 3.8) is 0 Å². The number of carboxylic acid groups (broad SMARTS) is 1. The number of piperidine rings is 1. The molecule has 2 aromatic rings. The van der Waals surface area contributed by atoms with Crippen LogP contribution in [0.3, 0.4) is 0 Å². The van der Waals surface area contributed by atoms with Crippen LogP contribution in [0.2, 0.25) is 0 Å². The molecule has 43 heavy (non-hydrogen) atoms. The fraction of sp³-hybridized carbons (Fsp3) is 0.438. The molecule has 3 aliphatic rings. The SMILES string of the molecule is CC1=C(C(=O)O)C(c2cccc([N+](=O)[O-])c2)C(C(=O)OC2CC(C3CCN(Cc4ccccc4)CC3)C(C)O2)=C(C)N1.Cl. The number of ether oxygens (including phenoxy) is 2. The number of likely N-dealkylation sites (tertiary alicyclic amines) is 1. The number of hydrogen-bond acceptors (Lipinski definition) is 8. The maximum atomic E-state index is 13.7. The molecule has 2 fully saturated rings. The number of nitrogens with zero attached hydrogens (tertiary/aromatic N) is 2. The number of hydrogen-bond donors (Lipinski definition) is 2. The van der Waals surface area contributed by atoms with Gasteiger partial charge >= 0.3 is 11.9 Å². The second-order valence-electron chi connectivity index (χ2n) is 11.5. The van der Waals surface area contributed by atoms with Gasteiger partial charge in [0.15, 0.2) is 0 Å². The summed E-state index contributed by atoms with van der Waals surface area (Å²) in [4.78, 5) is 39.4. The number of non-ortho nitro benzene ring substituents is 1. The number of esters is 1. The minimum absolute atomic E-state index is 0. The largest absolute Gasteiger partial charge is 0.478 e. The summed E-state index contributed by atoms with van der Waals surface area (Å²) in [5.41, 5.74) is 2.28. The van der Waals surface area contributed by atoms with E-state index in [4.69, 9.17) is 9.47 Å². The number of nitro benzene ring substituents is 1. The predicted octanol–water partition coefficient (Wildman–Crippen LogP) is 5.54. The van der Waals surface area contributed by atoms with Crippen LogP contribution in [0, 0.1) is 22.0 Å². The molecule has 2 aromatic carbocycles. The Morgan fingerprint density at radius 1 is 1.07 bits per heavy atom. The van der Waals surface area contributed by atoms with E-state index in [1.165, 1.54) is 23.8 Å². The monoisotopic (exact) mass is 611 g/mol. The van der Waals surface area contributed by atoms with Crippen molar-refractivity contribution in [1.29, 1.82) is 0 Å². The van der Waals surface area contributed by atoms with Crippen molar-refractivity contribution in [3.8, 4) is 0 Å². The number of carboxylic acids is 1. The highest BCUT2D eigenvalue weighted by Gasteiger charge is 2.43. The second kappa shape index (κ2) is 13.7. The normalized spacial score (nSPS) is 24.7. The van der Waals surface area contributed by atoms with Crippen molar-refractivity contribution in [1.82, 2.24) is 10.2 Å². The lowest BCUT2D eigenvalue weighted by Gasteiger charge is -2.35. The number of dihydropyridines is 1. The van der Waals surface area contributed by atoms with Gasteiger partial charge in [-0.1, -0.05) is 42.5 Å². The predicted molar refractivity (Wildman–Crippen MR) is 162 cm³/mol. The molecule has 0 spiro atoms. The lowest BCUT2D eigenvalue weighted by Crippen LogP contribution is -2.37. The van der Waals surface area contributed by atoms with Gasteiger partial charge in [0, 0.05) is 36.5 Å². The van der Waals surface area contributed by atoms with Crippen LogP contribution in [0.5, 0.6) is 0 Å². The molecule has 0 amide bonds. The number of carbonyl (C=O) groups is 2. The van der Waals surface area contributed by atoms with Crippen LogP contribution in [-0.4, -0.2) is 52.4 Å². The maximum absolute atomic E-state index is 13.7. The van der Waals surface area contributed by atoms with E-state index < -0.39 is 29.1 Å². The van der Waals surface area contributed by atoms with Gasteiger partial charge in [-0.25, -0.2) is 9.59 Å². The van der Waals surface area contributed by atoms with E-state index in [-0.39, 0.29) is 41.3 Å². The highest BCUT2D eigenvalue weighted by molar-refractivity contribution is 5.99. The molecule has 5 rings (SSSR count). The first kappa shape index (κ1) is 32.2. The molecule has 2 N–H and O–H groups in total. The van der Waals surface area contributed by atoms with Crippen LogP contribution in [0.25, 0.3) is 0 Å². The number of halogens is 1. The second-order valence-corrected chi connectivity index (χ2v) is 11.5.